The van der Waals surface area contributed by atoms with Gasteiger partial charge in [-0.05, 0) is 23.6 Å². The maximum absolute atomic E-state index is 5.47. The van der Waals surface area contributed by atoms with E-state index in [9.17, 15) is 0 Å². The summed E-state index contributed by atoms with van der Waals surface area (Å²) >= 11 is 0. The minimum Gasteiger partial charge on any atom is -0.496 e. The van der Waals surface area contributed by atoms with Crippen LogP contribution in [0, 0.1) is 0 Å². The van der Waals surface area contributed by atoms with Gasteiger partial charge in [0.25, 0.3) is 0 Å². The molecule has 0 unspecified atom stereocenters. The highest BCUT2D eigenvalue weighted by Gasteiger charge is 2.11. The van der Waals surface area contributed by atoms with Gasteiger partial charge in [0.2, 0.25) is 0 Å². The minimum atomic E-state index is 0.683. The number of hydrogen-bond donors (Lipinski definition) is 0. The summed E-state index contributed by atoms with van der Waals surface area (Å²) in [6, 6.07) is 13.8. The van der Waals surface area contributed by atoms with Gasteiger partial charge in [0.1, 0.15) is 17.2 Å². The molecule has 4 nitrogen and oxygen atoms in total. The van der Waals surface area contributed by atoms with Crippen molar-refractivity contribution in [3.63, 3.8) is 0 Å². The number of ether oxygens (including phenoxy) is 3. The van der Waals surface area contributed by atoms with Crippen molar-refractivity contribution < 1.29 is 14.2 Å². The fourth-order valence-corrected chi connectivity index (χ4v) is 2.63. The third-order valence-corrected chi connectivity index (χ3v) is 3.87. The summed E-state index contributed by atoms with van der Waals surface area (Å²) in [6.07, 6.45) is 5.73. The first-order valence-electron chi connectivity index (χ1n) is 7.58. The number of rotatable bonds is 5. The van der Waals surface area contributed by atoms with Crippen LogP contribution >= 0.6 is 0 Å². The Morgan fingerprint density at radius 3 is 2.21 bits per heavy atom. The third-order valence-electron chi connectivity index (χ3n) is 3.87. The fraction of sp³-hybridized carbons (Fsp3) is 0.150. The molecule has 0 fully saturated rings. The van der Waals surface area contributed by atoms with E-state index >= 15 is 0 Å². The second-order valence-electron chi connectivity index (χ2n) is 5.20. The maximum Gasteiger partial charge on any atom is 0.133 e. The van der Waals surface area contributed by atoms with E-state index in [1.54, 1.807) is 21.3 Å². The van der Waals surface area contributed by atoms with E-state index in [1.807, 2.05) is 48.7 Å². The van der Waals surface area contributed by atoms with E-state index in [2.05, 4.69) is 17.1 Å². The van der Waals surface area contributed by atoms with Crippen LogP contribution in [-0.4, -0.2) is 26.3 Å². The summed E-state index contributed by atoms with van der Waals surface area (Å²) in [5, 5.41) is 2.25. The molecule has 122 valence electrons. The van der Waals surface area contributed by atoms with Crippen molar-refractivity contribution in [2.24, 2.45) is 0 Å². The van der Waals surface area contributed by atoms with E-state index < -0.39 is 0 Å². The summed E-state index contributed by atoms with van der Waals surface area (Å²) in [4.78, 5) is 4.47. The van der Waals surface area contributed by atoms with Crippen LogP contribution in [0.15, 0.2) is 48.7 Å². The van der Waals surface area contributed by atoms with E-state index in [1.165, 1.54) is 0 Å². The van der Waals surface area contributed by atoms with E-state index in [0.717, 1.165) is 22.0 Å². The van der Waals surface area contributed by atoms with Crippen LogP contribution in [0.1, 0.15) is 11.3 Å². The maximum atomic E-state index is 5.47. The van der Waals surface area contributed by atoms with E-state index in [-0.39, 0.29) is 0 Å². The summed E-state index contributed by atoms with van der Waals surface area (Å²) in [7, 11) is 4.87. The molecule has 24 heavy (non-hydrogen) atoms. The topological polar surface area (TPSA) is 40.6 Å². The molecule has 0 atom stereocenters. The first kappa shape index (κ1) is 15.9. The highest BCUT2D eigenvalue weighted by Crippen LogP contribution is 2.35. The lowest BCUT2D eigenvalue weighted by Gasteiger charge is -2.12. The zero-order valence-electron chi connectivity index (χ0n) is 13.9. The zero-order chi connectivity index (χ0) is 16.9. The first-order chi connectivity index (χ1) is 11.8. The van der Waals surface area contributed by atoms with Crippen LogP contribution in [-0.2, 0) is 0 Å². The van der Waals surface area contributed by atoms with Gasteiger partial charge in [0.15, 0.2) is 0 Å². The Hall–Kier alpha value is -3.01. The normalized spacial score (nSPS) is 11.0. The number of benzene rings is 2. The number of hydrogen-bond acceptors (Lipinski definition) is 4. The minimum absolute atomic E-state index is 0.683. The van der Waals surface area contributed by atoms with Crippen molar-refractivity contribution >= 4 is 22.9 Å². The Balaban J connectivity index is 2.08. The van der Waals surface area contributed by atoms with Gasteiger partial charge in [-0.25, -0.2) is 0 Å². The molecule has 1 heterocycles. The highest BCUT2D eigenvalue weighted by molar-refractivity contribution is 5.91. The smallest absolute Gasteiger partial charge is 0.133 e. The van der Waals surface area contributed by atoms with Crippen LogP contribution in [0.4, 0.5) is 0 Å². The average Bonchev–Trinajstić information content (AvgIpc) is 2.65. The van der Waals surface area contributed by atoms with Gasteiger partial charge in [-0.1, -0.05) is 24.3 Å². The number of fused-ring (bicyclic) bond motifs is 1. The van der Waals surface area contributed by atoms with Crippen molar-refractivity contribution in [2.45, 2.75) is 0 Å². The first-order valence-corrected chi connectivity index (χ1v) is 7.58. The standard InChI is InChI=1S/C20H19NO3/c1-22-15-12-19(23-2)17(20(13-15)24-3)8-9-18-16-7-5-4-6-14(16)10-11-21-18/h4-13H,1-3H3/b9-8-. The molecule has 0 amide bonds. The monoisotopic (exact) mass is 321 g/mol. The lowest BCUT2D eigenvalue weighted by molar-refractivity contribution is 0.374. The number of methoxy groups -OCH3 is 3. The largest absolute Gasteiger partial charge is 0.496 e. The van der Waals surface area contributed by atoms with E-state index in [4.69, 9.17) is 14.2 Å². The Labute approximate surface area is 141 Å². The Kier molecular flexibility index (Phi) is 4.66. The number of aromatic nitrogens is 1. The molecule has 4 heteroatoms. The molecular formula is C20H19NO3. The molecule has 0 saturated heterocycles. The average molecular weight is 321 g/mol. The van der Waals surface area contributed by atoms with Gasteiger partial charge < -0.3 is 14.2 Å². The van der Waals surface area contributed by atoms with Crippen LogP contribution < -0.4 is 14.2 Å². The predicted octanol–water partition coefficient (Wildman–Crippen LogP) is 4.43. The van der Waals surface area contributed by atoms with Crippen molar-refractivity contribution in [1.82, 2.24) is 4.98 Å². The molecular weight excluding hydrogens is 302 g/mol. The summed E-state index contributed by atoms with van der Waals surface area (Å²) in [5.41, 5.74) is 1.74. The highest BCUT2D eigenvalue weighted by atomic mass is 16.5. The van der Waals surface area contributed by atoms with Gasteiger partial charge in [0, 0.05) is 23.7 Å². The molecule has 0 aliphatic heterocycles. The molecule has 2 aromatic carbocycles. The quantitative estimate of drug-likeness (QED) is 0.697. The second kappa shape index (κ2) is 7.04. The van der Waals surface area contributed by atoms with Crippen molar-refractivity contribution in [3.8, 4) is 17.2 Å². The van der Waals surface area contributed by atoms with Crippen molar-refractivity contribution in [3.05, 3.63) is 59.9 Å². The van der Waals surface area contributed by atoms with Crippen molar-refractivity contribution in [2.75, 3.05) is 21.3 Å². The molecule has 3 aromatic rings. The zero-order valence-corrected chi connectivity index (χ0v) is 13.9. The molecule has 0 aliphatic carbocycles. The fourth-order valence-electron chi connectivity index (χ4n) is 2.63. The summed E-state index contributed by atoms with van der Waals surface area (Å²) < 4.78 is 16.2. The summed E-state index contributed by atoms with van der Waals surface area (Å²) in [6.45, 7) is 0. The predicted molar refractivity (Wildman–Crippen MR) is 96.8 cm³/mol. The third kappa shape index (κ3) is 3.04. The number of nitrogens with zero attached hydrogens (tertiary/aromatic N) is 1. The van der Waals surface area contributed by atoms with E-state index in [0.29, 0.717) is 17.2 Å². The van der Waals surface area contributed by atoms with Crippen LogP contribution in [0.25, 0.3) is 22.9 Å². The molecule has 0 N–H and O–H groups in total. The van der Waals surface area contributed by atoms with Crippen LogP contribution in [0.5, 0.6) is 17.2 Å². The van der Waals surface area contributed by atoms with Crippen molar-refractivity contribution in [1.29, 1.82) is 0 Å². The Morgan fingerprint density at radius 2 is 1.54 bits per heavy atom. The van der Waals surface area contributed by atoms with Gasteiger partial charge in [0.05, 0.1) is 32.6 Å². The van der Waals surface area contributed by atoms with Crippen LogP contribution in [0.2, 0.25) is 0 Å². The molecule has 3 rings (SSSR count). The molecule has 0 aliphatic rings. The van der Waals surface area contributed by atoms with Gasteiger partial charge in [-0.2, -0.15) is 0 Å². The lowest BCUT2D eigenvalue weighted by Crippen LogP contribution is -1.94. The van der Waals surface area contributed by atoms with Crippen LogP contribution in [0.3, 0.4) is 0 Å². The molecule has 0 saturated carbocycles. The molecule has 1 aromatic heterocycles. The lowest BCUT2D eigenvalue weighted by atomic mass is 10.1. The Bertz CT molecular complexity index is 857. The summed E-state index contributed by atoms with van der Waals surface area (Å²) in [5.74, 6) is 2.05. The van der Waals surface area contributed by atoms with Gasteiger partial charge in [-0.3, -0.25) is 4.98 Å². The SMILES string of the molecule is COc1cc(OC)c(/C=C\c2nccc3ccccc23)c(OC)c1. The van der Waals surface area contributed by atoms with Gasteiger partial charge in [-0.15, -0.1) is 0 Å². The second-order valence-corrected chi connectivity index (χ2v) is 5.20. The molecule has 0 spiro atoms. The number of pyridine rings is 1. The molecule has 0 bridgehead atoms. The Morgan fingerprint density at radius 1 is 0.833 bits per heavy atom. The van der Waals surface area contributed by atoms with Gasteiger partial charge >= 0.3 is 0 Å². The molecule has 0 radical (unpaired) electrons.